The molecule has 0 N–H and O–H groups in total. The summed E-state index contributed by atoms with van der Waals surface area (Å²) >= 11 is 0. The van der Waals surface area contributed by atoms with Gasteiger partial charge in [-0.1, -0.05) is 80.2 Å². The third kappa shape index (κ3) is 2.47. The number of aryl methyl sites for hydroxylation is 1. The molecule has 136 valence electrons. The maximum atomic E-state index is 4.56. The molecular formula is C27H23N. The van der Waals surface area contributed by atoms with E-state index in [0.29, 0.717) is 0 Å². The molecule has 1 atom stereocenters. The van der Waals surface area contributed by atoms with Gasteiger partial charge < -0.3 is 4.90 Å². The van der Waals surface area contributed by atoms with E-state index in [4.69, 9.17) is 0 Å². The largest absolute Gasteiger partial charge is 0.313 e. The fourth-order valence-corrected chi connectivity index (χ4v) is 4.38. The van der Waals surface area contributed by atoms with Crippen molar-refractivity contribution in [1.29, 1.82) is 0 Å². The molecule has 0 saturated heterocycles. The second-order valence-electron chi connectivity index (χ2n) is 7.64. The maximum Gasteiger partial charge on any atom is 0.0543 e. The second kappa shape index (κ2) is 6.38. The molecule has 0 amide bonds. The van der Waals surface area contributed by atoms with Crippen LogP contribution in [0.25, 0.3) is 21.9 Å². The van der Waals surface area contributed by atoms with E-state index in [1.807, 2.05) is 0 Å². The van der Waals surface area contributed by atoms with Crippen LogP contribution in [0.4, 0.5) is 11.4 Å². The Morgan fingerprint density at radius 1 is 0.714 bits per heavy atom. The van der Waals surface area contributed by atoms with Crippen LogP contribution in [0.15, 0.2) is 97.2 Å². The van der Waals surface area contributed by atoms with Gasteiger partial charge in [0.2, 0.25) is 0 Å². The van der Waals surface area contributed by atoms with Gasteiger partial charge in [0.1, 0.15) is 0 Å². The highest BCUT2D eigenvalue weighted by Gasteiger charge is 2.29. The highest BCUT2D eigenvalue weighted by Crippen LogP contribution is 2.49. The second-order valence-corrected chi connectivity index (χ2v) is 7.64. The SMILES string of the molecule is C=C1C(C)c2ccccc2-c2cc3ccccc3cc2N1c1ccccc1C. The van der Waals surface area contributed by atoms with Crippen LogP contribution in [-0.2, 0) is 0 Å². The van der Waals surface area contributed by atoms with Gasteiger partial charge in [-0.3, -0.25) is 0 Å². The Morgan fingerprint density at radius 3 is 2.14 bits per heavy atom. The monoisotopic (exact) mass is 361 g/mol. The predicted molar refractivity (Wildman–Crippen MR) is 120 cm³/mol. The van der Waals surface area contributed by atoms with Gasteiger partial charge in [0.15, 0.2) is 0 Å². The van der Waals surface area contributed by atoms with E-state index in [0.717, 1.165) is 5.70 Å². The van der Waals surface area contributed by atoms with Gasteiger partial charge >= 0.3 is 0 Å². The van der Waals surface area contributed by atoms with Crippen molar-refractivity contribution >= 4 is 22.1 Å². The molecule has 0 saturated carbocycles. The van der Waals surface area contributed by atoms with Crippen LogP contribution in [0, 0.1) is 6.92 Å². The lowest BCUT2D eigenvalue weighted by atomic mass is 9.91. The maximum absolute atomic E-state index is 4.56. The first-order valence-corrected chi connectivity index (χ1v) is 9.82. The van der Waals surface area contributed by atoms with E-state index in [-0.39, 0.29) is 5.92 Å². The first-order valence-electron chi connectivity index (χ1n) is 9.82. The van der Waals surface area contributed by atoms with Crippen LogP contribution >= 0.6 is 0 Å². The van der Waals surface area contributed by atoms with Gasteiger partial charge in [-0.15, -0.1) is 0 Å². The van der Waals surface area contributed by atoms with Crippen LogP contribution in [0.2, 0.25) is 0 Å². The molecule has 1 nitrogen and oxygen atoms in total. The highest BCUT2D eigenvalue weighted by molar-refractivity contribution is 5.98. The summed E-state index contributed by atoms with van der Waals surface area (Å²) in [6.07, 6.45) is 0. The molecule has 0 spiro atoms. The summed E-state index contributed by atoms with van der Waals surface area (Å²) in [5, 5.41) is 2.51. The highest BCUT2D eigenvalue weighted by atomic mass is 15.2. The van der Waals surface area contributed by atoms with Gasteiger partial charge in [0.25, 0.3) is 0 Å². The fourth-order valence-electron chi connectivity index (χ4n) is 4.38. The van der Waals surface area contributed by atoms with Gasteiger partial charge in [0.05, 0.1) is 5.69 Å². The first kappa shape index (κ1) is 16.8. The molecule has 5 rings (SSSR count). The van der Waals surface area contributed by atoms with Crippen LogP contribution in [0.5, 0.6) is 0 Å². The summed E-state index contributed by atoms with van der Waals surface area (Å²) in [4.78, 5) is 2.36. The Kier molecular flexibility index (Phi) is 3.84. The van der Waals surface area contributed by atoms with Crippen LogP contribution in [-0.4, -0.2) is 0 Å². The predicted octanol–water partition coefficient (Wildman–Crippen LogP) is 7.58. The zero-order valence-corrected chi connectivity index (χ0v) is 16.3. The molecule has 0 radical (unpaired) electrons. The topological polar surface area (TPSA) is 3.24 Å². The standard InChI is InChI=1S/C27H23N/c1-18-10-4-9-15-26(18)28-20(3)19(2)23-13-7-8-14-24(23)25-16-21-11-5-6-12-22(21)17-27(25)28/h4-17,19H,3H2,1-2H3. The average molecular weight is 361 g/mol. The minimum atomic E-state index is 0.228. The minimum Gasteiger partial charge on any atom is -0.313 e. The summed E-state index contributed by atoms with van der Waals surface area (Å²) in [5.74, 6) is 0.228. The Morgan fingerprint density at radius 2 is 1.36 bits per heavy atom. The summed E-state index contributed by atoms with van der Waals surface area (Å²) in [5.41, 5.74) is 8.66. The summed E-state index contributed by atoms with van der Waals surface area (Å²) < 4.78 is 0. The normalized spacial score (nSPS) is 15.9. The Labute approximate surface area is 166 Å². The van der Waals surface area contributed by atoms with E-state index < -0.39 is 0 Å². The molecule has 0 aromatic heterocycles. The first-order chi connectivity index (χ1) is 13.6. The van der Waals surface area contributed by atoms with Gasteiger partial charge in [-0.25, -0.2) is 0 Å². The third-order valence-corrected chi connectivity index (χ3v) is 5.97. The molecule has 1 heterocycles. The number of benzene rings is 4. The number of anilines is 2. The number of fused-ring (bicyclic) bond motifs is 4. The lowest BCUT2D eigenvalue weighted by Crippen LogP contribution is -2.19. The molecule has 1 unspecified atom stereocenters. The summed E-state index contributed by atoms with van der Waals surface area (Å²) in [6.45, 7) is 8.99. The number of para-hydroxylation sites is 1. The minimum absolute atomic E-state index is 0.228. The number of rotatable bonds is 1. The summed E-state index contributed by atoms with van der Waals surface area (Å²) in [6, 6.07) is 30.6. The molecular weight excluding hydrogens is 338 g/mol. The Balaban J connectivity index is 1.90. The molecule has 1 heteroatoms. The molecule has 4 aromatic carbocycles. The van der Waals surface area contributed by atoms with Crippen molar-refractivity contribution in [2.24, 2.45) is 0 Å². The van der Waals surface area contributed by atoms with E-state index in [9.17, 15) is 0 Å². The molecule has 1 aliphatic rings. The average Bonchev–Trinajstić information content (AvgIpc) is 2.81. The molecule has 4 aromatic rings. The van der Waals surface area contributed by atoms with Crippen LogP contribution in [0.3, 0.4) is 0 Å². The third-order valence-electron chi connectivity index (χ3n) is 5.97. The zero-order valence-electron chi connectivity index (χ0n) is 16.3. The van der Waals surface area contributed by atoms with E-state index in [2.05, 4.69) is 110 Å². The van der Waals surface area contributed by atoms with Crippen molar-refractivity contribution in [1.82, 2.24) is 0 Å². The van der Waals surface area contributed by atoms with Gasteiger partial charge in [0, 0.05) is 22.9 Å². The van der Waals surface area contributed by atoms with E-state index in [1.54, 1.807) is 0 Å². The molecule has 0 aliphatic carbocycles. The number of nitrogens with zero attached hydrogens (tertiary/aromatic N) is 1. The van der Waals surface area contributed by atoms with Crippen molar-refractivity contribution in [2.75, 3.05) is 4.90 Å². The van der Waals surface area contributed by atoms with E-state index in [1.165, 1.54) is 44.4 Å². The van der Waals surface area contributed by atoms with Crippen molar-refractivity contribution in [2.45, 2.75) is 19.8 Å². The summed E-state index contributed by atoms with van der Waals surface area (Å²) in [7, 11) is 0. The number of hydrogen-bond acceptors (Lipinski definition) is 1. The lowest BCUT2D eigenvalue weighted by molar-refractivity contribution is 0.872. The molecule has 1 aliphatic heterocycles. The number of allylic oxidation sites excluding steroid dienone is 1. The zero-order chi connectivity index (χ0) is 19.3. The van der Waals surface area contributed by atoms with E-state index >= 15 is 0 Å². The van der Waals surface area contributed by atoms with Gasteiger partial charge in [-0.05, 0) is 52.6 Å². The lowest BCUT2D eigenvalue weighted by Gasteiger charge is -2.31. The van der Waals surface area contributed by atoms with Crippen molar-refractivity contribution in [3.63, 3.8) is 0 Å². The molecule has 0 bridgehead atoms. The quantitative estimate of drug-likeness (QED) is 0.338. The number of hydrogen-bond donors (Lipinski definition) is 0. The van der Waals surface area contributed by atoms with Crippen molar-refractivity contribution < 1.29 is 0 Å². The van der Waals surface area contributed by atoms with Crippen molar-refractivity contribution in [3.05, 3.63) is 108 Å². The smallest absolute Gasteiger partial charge is 0.0543 e. The van der Waals surface area contributed by atoms with Crippen LogP contribution < -0.4 is 4.90 Å². The Hall–Kier alpha value is -3.32. The van der Waals surface area contributed by atoms with Crippen LogP contribution in [0.1, 0.15) is 24.0 Å². The fraction of sp³-hybridized carbons (Fsp3) is 0.111. The Bertz CT molecular complexity index is 1220. The molecule has 28 heavy (non-hydrogen) atoms. The van der Waals surface area contributed by atoms with Gasteiger partial charge in [-0.2, -0.15) is 0 Å². The molecule has 0 fully saturated rings. The van der Waals surface area contributed by atoms with Crippen molar-refractivity contribution in [3.8, 4) is 11.1 Å².